The Kier molecular flexibility index (Phi) is 4.65. The SMILES string of the molecule is C[C@H](NC(=O)CCN1CCCCC1=O)c1ccc2[nH]ccc2c1. The van der Waals surface area contributed by atoms with Crippen LogP contribution in [0.3, 0.4) is 0 Å². The predicted octanol–water partition coefficient (Wildman–Crippen LogP) is 2.75. The van der Waals surface area contributed by atoms with Crippen molar-refractivity contribution < 1.29 is 9.59 Å². The Balaban J connectivity index is 1.53. The first-order valence-electron chi connectivity index (χ1n) is 8.27. The van der Waals surface area contributed by atoms with Crippen LogP contribution in [-0.2, 0) is 9.59 Å². The molecule has 1 saturated heterocycles. The molecular formula is C18H23N3O2. The monoisotopic (exact) mass is 313 g/mol. The van der Waals surface area contributed by atoms with Gasteiger partial charge in [0.15, 0.2) is 0 Å². The van der Waals surface area contributed by atoms with Crippen molar-refractivity contribution in [2.24, 2.45) is 0 Å². The minimum absolute atomic E-state index is 0.00922. The Morgan fingerprint density at radius 1 is 1.35 bits per heavy atom. The van der Waals surface area contributed by atoms with Gasteiger partial charge in [-0.15, -0.1) is 0 Å². The molecule has 5 heteroatoms. The number of aromatic nitrogens is 1. The quantitative estimate of drug-likeness (QED) is 0.891. The first kappa shape index (κ1) is 15.6. The van der Waals surface area contributed by atoms with Crippen molar-refractivity contribution in [3.63, 3.8) is 0 Å². The number of H-pyrrole nitrogens is 1. The number of carbonyl (C=O) groups is 2. The molecule has 1 aromatic carbocycles. The second kappa shape index (κ2) is 6.86. The lowest BCUT2D eigenvalue weighted by molar-refractivity contribution is -0.133. The summed E-state index contributed by atoms with van der Waals surface area (Å²) in [5.41, 5.74) is 2.18. The van der Waals surface area contributed by atoms with E-state index in [1.54, 1.807) is 4.90 Å². The number of nitrogens with zero attached hydrogens (tertiary/aromatic N) is 1. The summed E-state index contributed by atoms with van der Waals surface area (Å²) in [5, 5.41) is 4.16. The highest BCUT2D eigenvalue weighted by Gasteiger charge is 2.19. The number of hydrogen-bond donors (Lipinski definition) is 2. The molecule has 2 N–H and O–H groups in total. The third-order valence-corrected chi connectivity index (χ3v) is 4.49. The molecule has 122 valence electrons. The van der Waals surface area contributed by atoms with E-state index in [4.69, 9.17) is 0 Å². The molecule has 1 aliphatic heterocycles. The van der Waals surface area contributed by atoms with E-state index in [9.17, 15) is 9.59 Å². The summed E-state index contributed by atoms with van der Waals surface area (Å²) in [5.74, 6) is 0.167. The van der Waals surface area contributed by atoms with Crippen molar-refractivity contribution in [1.82, 2.24) is 15.2 Å². The fourth-order valence-corrected chi connectivity index (χ4v) is 3.07. The number of nitrogens with one attached hydrogen (secondary N) is 2. The number of hydrogen-bond acceptors (Lipinski definition) is 2. The van der Waals surface area contributed by atoms with Crippen molar-refractivity contribution in [3.05, 3.63) is 36.0 Å². The third-order valence-electron chi connectivity index (χ3n) is 4.49. The lowest BCUT2D eigenvalue weighted by atomic mass is 10.1. The van der Waals surface area contributed by atoms with Gasteiger partial charge in [-0.05, 0) is 48.9 Å². The Morgan fingerprint density at radius 3 is 3.04 bits per heavy atom. The molecule has 2 aromatic rings. The van der Waals surface area contributed by atoms with Crippen LogP contribution in [0.5, 0.6) is 0 Å². The van der Waals surface area contributed by atoms with Crippen LogP contribution < -0.4 is 5.32 Å². The molecule has 0 saturated carbocycles. The fourth-order valence-electron chi connectivity index (χ4n) is 3.07. The molecule has 0 spiro atoms. The summed E-state index contributed by atoms with van der Waals surface area (Å²) in [7, 11) is 0. The maximum Gasteiger partial charge on any atom is 0.222 e. The molecule has 0 bridgehead atoms. The van der Waals surface area contributed by atoms with E-state index in [0.29, 0.717) is 19.4 Å². The molecule has 0 aliphatic carbocycles. The summed E-state index contributed by atoms with van der Waals surface area (Å²) >= 11 is 0. The summed E-state index contributed by atoms with van der Waals surface area (Å²) in [6.45, 7) is 3.29. The van der Waals surface area contributed by atoms with Gasteiger partial charge in [-0.2, -0.15) is 0 Å². The third kappa shape index (κ3) is 3.73. The van der Waals surface area contributed by atoms with Gasteiger partial charge in [-0.3, -0.25) is 9.59 Å². The molecule has 3 rings (SSSR count). The van der Waals surface area contributed by atoms with Crippen LogP contribution >= 0.6 is 0 Å². The average molecular weight is 313 g/mol. The van der Waals surface area contributed by atoms with Gasteiger partial charge in [-0.1, -0.05) is 6.07 Å². The van der Waals surface area contributed by atoms with Crippen molar-refractivity contribution in [1.29, 1.82) is 0 Å². The maximum atomic E-state index is 12.1. The second-order valence-corrected chi connectivity index (χ2v) is 6.20. The van der Waals surface area contributed by atoms with E-state index >= 15 is 0 Å². The molecule has 1 aromatic heterocycles. The van der Waals surface area contributed by atoms with E-state index in [0.717, 1.165) is 35.9 Å². The lowest BCUT2D eigenvalue weighted by Gasteiger charge is -2.26. The highest BCUT2D eigenvalue weighted by Crippen LogP contribution is 2.19. The van der Waals surface area contributed by atoms with E-state index in [2.05, 4.69) is 16.4 Å². The number of amides is 2. The largest absolute Gasteiger partial charge is 0.361 e. The predicted molar refractivity (Wildman–Crippen MR) is 89.9 cm³/mol. The highest BCUT2D eigenvalue weighted by molar-refractivity contribution is 5.81. The van der Waals surface area contributed by atoms with Crippen molar-refractivity contribution in [2.45, 2.75) is 38.6 Å². The van der Waals surface area contributed by atoms with Crippen molar-refractivity contribution in [3.8, 4) is 0 Å². The van der Waals surface area contributed by atoms with Gasteiger partial charge >= 0.3 is 0 Å². The minimum atomic E-state index is -0.0427. The number of carbonyl (C=O) groups excluding carboxylic acids is 2. The maximum absolute atomic E-state index is 12.1. The number of benzene rings is 1. The van der Waals surface area contributed by atoms with E-state index in [1.807, 2.05) is 31.3 Å². The zero-order valence-electron chi connectivity index (χ0n) is 13.5. The van der Waals surface area contributed by atoms with Crippen LogP contribution in [0.2, 0.25) is 0 Å². The van der Waals surface area contributed by atoms with Gasteiger partial charge in [0.25, 0.3) is 0 Å². The Bertz CT molecular complexity index is 707. The van der Waals surface area contributed by atoms with Crippen LogP contribution in [0.15, 0.2) is 30.5 Å². The van der Waals surface area contributed by atoms with Gasteiger partial charge in [0.2, 0.25) is 11.8 Å². The van der Waals surface area contributed by atoms with Crippen LogP contribution in [0, 0.1) is 0 Å². The highest BCUT2D eigenvalue weighted by atomic mass is 16.2. The zero-order valence-corrected chi connectivity index (χ0v) is 13.5. The van der Waals surface area contributed by atoms with Crippen LogP contribution in [0.25, 0.3) is 10.9 Å². The van der Waals surface area contributed by atoms with Gasteiger partial charge in [0.1, 0.15) is 0 Å². The Labute approximate surface area is 136 Å². The summed E-state index contributed by atoms with van der Waals surface area (Å²) in [6.07, 6.45) is 4.91. The number of piperidine rings is 1. The Morgan fingerprint density at radius 2 is 2.22 bits per heavy atom. The lowest BCUT2D eigenvalue weighted by Crippen LogP contribution is -2.38. The topological polar surface area (TPSA) is 65.2 Å². The smallest absolute Gasteiger partial charge is 0.222 e. The first-order valence-corrected chi connectivity index (χ1v) is 8.27. The molecule has 2 heterocycles. The Hall–Kier alpha value is -2.30. The first-order chi connectivity index (χ1) is 11.1. The van der Waals surface area contributed by atoms with Gasteiger partial charge in [-0.25, -0.2) is 0 Å². The van der Waals surface area contributed by atoms with E-state index < -0.39 is 0 Å². The molecular weight excluding hydrogens is 290 g/mol. The summed E-state index contributed by atoms with van der Waals surface area (Å²) in [6, 6.07) is 8.12. The van der Waals surface area contributed by atoms with E-state index in [1.165, 1.54) is 0 Å². The molecule has 1 aliphatic rings. The molecule has 23 heavy (non-hydrogen) atoms. The minimum Gasteiger partial charge on any atom is -0.361 e. The fraction of sp³-hybridized carbons (Fsp3) is 0.444. The molecule has 1 atom stereocenters. The number of rotatable bonds is 5. The van der Waals surface area contributed by atoms with Gasteiger partial charge in [0.05, 0.1) is 6.04 Å². The van der Waals surface area contributed by atoms with Crippen molar-refractivity contribution in [2.75, 3.05) is 13.1 Å². The molecule has 5 nitrogen and oxygen atoms in total. The number of aromatic amines is 1. The van der Waals surface area contributed by atoms with Gasteiger partial charge < -0.3 is 15.2 Å². The average Bonchev–Trinajstić information content (AvgIpc) is 3.01. The van der Waals surface area contributed by atoms with Crippen LogP contribution in [0.1, 0.15) is 44.2 Å². The van der Waals surface area contributed by atoms with Crippen molar-refractivity contribution >= 4 is 22.7 Å². The second-order valence-electron chi connectivity index (χ2n) is 6.20. The van der Waals surface area contributed by atoms with Gasteiger partial charge in [0, 0.05) is 37.6 Å². The molecule has 2 amide bonds. The van der Waals surface area contributed by atoms with Crippen LogP contribution in [0.4, 0.5) is 0 Å². The molecule has 0 unspecified atom stereocenters. The number of likely N-dealkylation sites (tertiary alicyclic amines) is 1. The summed E-state index contributed by atoms with van der Waals surface area (Å²) in [4.78, 5) is 28.8. The van der Waals surface area contributed by atoms with Crippen LogP contribution in [-0.4, -0.2) is 34.8 Å². The standard InChI is InChI=1S/C18H23N3O2/c1-13(14-5-6-16-15(12-14)7-9-19-16)20-17(22)8-11-21-10-3-2-4-18(21)23/h5-7,9,12-13,19H,2-4,8,10-11H2,1H3,(H,20,22)/t13-/m0/s1. The number of fused-ring (bicyclic) bond motifs is 1. The normalized spacial score (nSPS) is 16.6. The summed E-state index contributed by atoms with van der Waals surface area (Å²) < 4.78 is 0. The molecule has 0 radical (unpaired) electrons. The zero-order chi connectivity index (χ0) is 16.2. The molecule has 1 fully saturated rings. The van der Waals surface area contributed by atoms with E-state index in [-0.39, 0.29) is 17.9 Å².